The van der Waals surface area contributed by atoms with Gasteiger partial charge in [-0.25, -0.2) is 0 Å². The van der Waals surface area contributed by atoms with Crippen LogP contribution in [0.4, 0.5) is 0 Å². The van der Waals surface area contributed by atoms with Gasteiger partial charge in [0.15, 0.2) is 0 Å². The van der Waals surface area contributed by atoms with Gasteiger partial charge in [-0.05, 0) is 42.0 Å². The molecule has 0 aliphatic rings. The summed E-state index contributed by atoms with van der Waals surface area (Å²) in [5.74, 6) is -0.375. The van der Waals surface area contributed by atoms with Gasteiger partial charge in [0.05, 0.1) is 12.5 Å². The Labute approximate surface area is 110 Å². The lowest BCUT2D eigenvalue weighted by Gasteiger charge is -2.07. The van der Waals surface area contributed by atoms with Crippen LogP contribution in [-0.2, 0) is 9.53 Å². The third-order valence-corrected chi connectivity index (χ3v) is 3.09. The van der Waals surface area contributed by atoms with E-state index in [2.05, 4.69) is 22.6 Å². The largest absolute Gasteiger partial charge is 0.466 e. The van der Waals surface area contributed by atoms with Crippen molar-refractivity contribution in [2.45, 2.75) is 13.8 Å². The highest BCUT2D eigenvalue weighted by molar-refractivity contribution is 14.1. The molecule has 0 aliphatic heterocycles. The SMILES string of the molecule is CCOC(=O)C(C)/C=C(/I)c1ccccc1. The monoisotopic (exact) mass is 330 g/mol. The quantitative estimate of drug-likeness (QED) is 0.622. The Balaban J connectivity index is 2.73. The van der Waals surface area contributed by atoms with Crippen molar-refractivity contribution >= 4 is 32.1 Å². The number of carbonyl (C=O) groups excluding carboxylic acids is 1. The molecule has 0 fully saturated rings. The van der Waals surface area contributed by atoms with Crippen molar-refractivity contribution < 1.29 is 9.53 Å². The Bertz CT molecular complexity index is 371. The van der Waals surface area contributed by atoms with Gasteiger partial charge < -0.3 is 4.74 Å². The Morgan fingerprint density at radius 2 is 2.06 bits per heavy atom. The molecule has 0 spiro atoms. The third kappa shape index (κ3) is 3.96. The van der Waals surface area contributed by atoms with Crippen LogP contribution in [0, 0.1) is 5.92 Å². The van der Waals surface area contributed by atoms with E-state index in [-0.39, 0.29) is 11.9 Å². The van der Waals surface area contributed by atoms with Crippen molar-refractivity contribution in [1.29, 1.82) is 0 Å². The molecule has 0 bridgehead atoms. The molecule has 1 aromatic carbocycles. The molecule has 0 N–H and O–H groups in total. The molecule has 0 heterocycles. The summed E-state index contributed by atoms with van der Waals surface area (Å²) in [6, 6.07) is 9.99. The van der Waals surface area contributed by atoms with Crippen LogP contribution in [0.25, 0.3) is 3.58 Å². The average molecular weight is 330 g/mol. The number of benzene rings is 1. The maximum absolute atomic E-state index is 11.4. The van der Waals surface area contributed by atoms with Crippen molar-refractivity contribution in [3.05, 3.63) is 42.0 Å². The van der Waals surface area contributed by atoms with Crippen LogP contribution >= 0.6 is 22.6 Å². The molecule has 0 saturated carbocycles. The summed E-state index contributed by atoms with van der Waals surface area (Å²) < 4.78 is 6.02. The van der Waals surface area contributed by atoms with Crippen molar-refractivity contribution in [3.8, 4) is 0 Å². The van der Waals surface area contributed by atoms with E-state index in [1.807, 2.05) is 50.3 Å². The molecule has 0 aromatic heterocycles. The maximum atomic E-state index is 11.4. The van der Waals surface area contributed by atoms with Gasteiger partial charge >= 0.3 is 5.97 Å². The predicted octanol–water partition coefficient (Wildman–Crippen LogP) is 3.66. The van der Waals surface area contributed by atoms with E-state index >= 15 is 0 Å². The van der Waals surface area contributed by atoms with Gasteiger partial charge in [-0.15, -0.1) is 0 Å². The van der Waals surface area contributed by atoms with Crippen LogP contribution in [0.3, 0.4) is 0 Å². The van der Waals surface area contributed by atoms with Crippen molar-refractivity contribution in [2.24, 2.45) is 5.92 Å². The van der Waals surface area contributed by atoms with Crippen LogP contribution < -0.4 is 0 Å². The minimum atomic E-state index is -0.202. The van der Waals surface area contributed by atoms with Crippen LogP contribution in [0.2, 0.25) is 0 Å². The molecule has 86 valence electrons. The first kappa shape index (κ1) is 13.2. The van der Waals surface area contributed by atoms with Crippen LogP contribution in [-0.4, -0.2) is 12.6 Å². The molecule has 0 amide bonds. The summed E-state index contributed by atoms with van der Waals surface area (Å²) in [5.41, 5.74) is 1.12. The normalized spacial score (nSPS) is 13.3. The summed E-state index contributed by atoms with van der Waals surface area (Å²) in [7, 11) is 0. The zero-order valence-corrected chi connectivity index (χ0v) is 11.6. The Kier molecular flexibility index (Phi) is 5.52. The number of hydrogen-bond acceptors (Lipinski definition) is 2. The highest BCUT2D eigenvalue weighted by Crippen LogP contribution is 2.23. The molecule has 0 aliphatic carbocycles. The standard InChI is InChI=1S/C13H15IO2/c1-3-16-13(15)10(2)9-12(14)11-7-5-4-6-8-11/h4-10H,3H2,1-2H3/b12-9+. The molecule has 0 saturated heterocycles. The molecule has 2 nitrogen and oxygen atoms in total. The number of rotatable bonds is 4. The van der Waals surface area contributed by atoms with Crippen molar-refractivity contribution in [1.82, 2.24) is 0 Å². The second kappa shape index (κ2) is 6.68. The number of halogens is 1. The van der Waals surface area contributed by atoms with E-state index in [1.165, 1.54) is 0 Å². The highest BCUT2D eigenvalue weighted by Gasteiger charge is 2.11. The molecule has 3 heteroatoms. The molecule has 0 radical (unpaired) electrons. The Morgan fingerprint density at radius 1 is 1.44 bits per heavy atom. The molecule has 1 unspecified atom stereocenters. The summed E-state index contributed by atoms with van der Waals surface area (Å²) in [6.45, 7) is 4.09. The number of hydrogen-bond donors (Lipinski definition) is 0. The topological polar surface area (TPSA) is 26.3 Å². The fraction of sp³-hybridized carbons (Fsp3) is 0.308. The van der Waals surface area contributed by atoms with Gasteiger partial charge in [0.2, 0.25) is 0 Å². The summed E-state index contributed by atoms with van der Waals surface area (Å²) >= 11 is 2.24. The molecule has 1 aromatic rings. The minimum absolute atomic E-state index is 0.174. The summed E-state index contributed by atoms with van der Waals surface area (Å²) in [4.78, 5) is 11.4. The lowest BCUT2D eigenvalue weighted by atomic mass is 10.1. The van der Waals surface area contributed by atoms with Gasteiger partial charge in [-0.3, -0.25) is 4.79 Å². The van der Waals surface area contributed by atoms with E-state index < -0.39 is 0 Å². The van der Waals surface area contributed by atoms with Gasteiger partial charge in [0.1, 0.15) is 0 Å². The second-order valence-corrected chi connectivity index (χ2v) is 4.58. The zero-order chi connectivity index (χ0) is 12.0. The molecule has 16 heavy (non-hydrogen) atoms. The second-order valence-electron chi connectivity index (χ2n) is 3.42. The van der Waals surface area contributed by atoms with Crippen molar-refractivity contribution in [2.75, 3.05) is 6.61 Å². The molecular weight excluding hydrogens is 315 g/mol. The van der Waals surface area contributed by atoms with Crippen LogP contribution in [0.15, 0.2) is 36.4 Å². The van der Waals surface area contributed by atoms with E-state index in [0.29, 0.717) is 6.61 Å². The first-order valence-electron chi connectivity index (χ1n) is 5.24. The predicted molar refractivity (Wildman–Crippen MR) is 74.2 cm³/mol. The highest BCUT2D eigenvalue weighted by atomic mass is 127. The zero-order valence-electron chi connectivity index (χ0n) is 9.44. The fourth-order valence-electron chi connectivity index (χ4n) is 1.25. The van der Waals surface area contributed by atoms with Crippen LogP contribution in [0.5, 0.6) is 0 Å². The number of carbonyl (C=O) groups is 1. The average Bonchev–Trinajstić information content (AvgIpc) is 2.30. The first-order valence-corrected chi connectivity index (χ1v) is 6.32. The fourth-order valence-corrected chi connectivity index (χ4v) is 2.15. The molecular formula is C13H15IO2. The van der Waals surface area contributed by atoms with Crippen LogP contribution in [0.1, 0.15) is 19.4 Å². The lowest BCUT2D eigenvalue weighted by Crippen LogP contribution is -2.12. The van der Waals surface area contributed by atoms with Gasteiger partial charge in [-0.1, -0.05) is 36.4 Å². The van der Waals surface area contributed by atoms with E-state index in [9.17, 15) is 4.79 Å². The summed E-state index contributed by atoms with van der Waals surface area (Å²) in [6.07, 6.45) is 1.92. The van der Waals surface area contributed by atoms with E-state index in [0.717, 1.165) is 9.14 Å². The first-order chi connectivity index (χ1) is 7.65. The lowest BCUT2D eigenvalue weighted by molar-refractivity contribution is -0.145. The van der Waals surface area contributed by atoms with Gasteiger partial charge in [0.25, 0.3) is 0 Å². The maximum Gasteiger partial charge on any atom is 0.312 e. The molecule has 1 rings (SSSR count). The summed E-state index contributed by atoms with van der Waals surface area (Å²) in [5, 5.41) is 0. The van der Waals surface area contributed by atoms with E-state index in [1.54, 1.807) is 0 Å². The van der Waals surface area contributed by atoms with Gasteiger partial charge in [0, 0.05) is 3.58 Å². The number of esters is 1. The van der Waals surface area contributed by atoms with Gasteiger partial charge in [-0.2, -0.15) is 0 Å². The molecule has 1 atom stereocenters. The number of ether oxygens (including phenoxy) is 1. The minimum Gasteiger partial charge on any atom is -0.466 e. The van der Waals surface area contributed by atoms with Crippen molar-refractivity contribution in [3.63, 3.8) is 0 Å². The third-order valence-electron chi connectivity index (χ3n) is 2.10. The smallest absolute Gasteiger partial charge is 0.312 e. The Hall–Kier alpha value is -0.840. The van der Waals surface area contributed by atoms with E-state index in [4.69, 9.17) is 4.74 Å². The Morgan fingerprint density at radius 3 is 2.62 bits per heavy atom.